The molecule has 0 saturated carbocycles. The van der Waals surface area contributed by atoms with Gasteiger partial charge in [-0.15, -0.1) is 0 Å². The molecule has 220 valence electrons. The van der Waals surface area contributed by atoms with Gasteiger partial charge in [0.25, 0.3) is 0 Å². The summed E-state index contributed by atoms with van der Waals surface area (Å²) in [7, 11) is -1.57. The lowest BCUT2D eigenvalue weighted by atomic mass is 9.17. The van der Waals surface area contributed by atoms with Crippen LogP contribution in [0.4, 0.5) is 0 Å². The van der Waals surface area contributed by atoms with Crippen molar-refractivity contribution < 1.29 is 0 Å². The summed E-state index contributed by atoms with van der Waals surface area (Å²) in [6.07, 6.45) is 21.3. The first kappa shape index (κ1) is 34.4. The van der Waals surface area contributed by atoms with Gasteiger partial charge in [-0.2, -0.15) is 25.3 Å². The van der Waals surface area contributed by atoms with Crippen LogP contribution in [0.1, 0.15) is 98.8 Å². The molecular weight excluding hydrogens is 498 g/mol. The topological polar surface area (TPSA) is 0 Å². The van der Waals surface area contributed by atoms with Gasteiger partial charge in [0.05, 0.1) is 6.16 Å². The van der Waals surface area contributed by atoms with Crippen molar-refractivity contribution in [1.82, 2.24) is 0 Å². The Morgan fingerprint density at radius 2 is 0.675 bits per heavy atom. The minimum absolute atomic E-state index is 0.00722. The van der Waals surface area contributed by atoms with Crippen LogP contribution in [-0.2, 0) is 0 Å². The maximum atomic E-state index is 2.35. The molecule has 0 saturated heterocycles. The van der Waals surface area contributed by atoms with E-state index in [9.17, 15) is 0 Å². The zero-order chi connectivity index (χ0) is 28.9. The van der Waals surface area contributed by atoms with Gasteiger partial charge in [-0.25, -0.2) is 0 Å². The first-order chi connectivity index (χ1) is 19.6. The van der Waals surface area contributed by atoms with Crippen molar-refractivity contribution in [2.24, 2.45) is 0 Å². The monoisotopic (exact) mass is 558 g/mol. The lowest BCUT2D eigenvalue weighted by molar-refractivity contribution is 0.762. The van der Waals surface area contributed by atoms with Crippen LogP contribution in [0.25, 0.3) is 0 Å². The van der Waals surface area contributed by atoms with Crippen LogP contribution in [0.2, 0.25) is 25.3 Å². The van der Waals surface area contributed by atoms with Crippen LogP contribution in [-0.4, -0.2) is 12.3 Å². The molecule has 0 aromatic heterocycles. The third-order valence-electron chi connectivity index (χ3n) is 9.12. The van der Waals surface area contributed by atoms with Crippen LogP contribution in [0.15, 0.2) is 91.0 Å². The van der Waals surface area contributed by atoms with Gasteiger partial charge in [0.1, 0.15) is 23.2 Å². The molecule has 0 heterocycles. The predicted molar refractivity (Wildman–Crippen MR) is 190 cm³/mol. The summed E-state index contributed by atoms with van der Waals surface area (Å²) in [4.78, 5) is 0. The second-order valence-electron chi connectivity index (χ2n) is 12.2. The SMILES string of the molecule is CCCC[B-](CCCC)(CCCC)CCCC.CCCC[P+](c1ccccc1)(c1ccccc1)c1ccccc1. The van der Waals surface area contributed by atoms with E-state index >= 15 is 0 Å². The highest BCUT2D eigenvalue weighted by Crippen LogP contribution is 2.55. The molecular formula is C38H60BP. The molecule has 0 atom stereocenters. The number of benzene rings is 3. The summed E-state index contributed by atoms with van der Waals surface area (Å²) < 4.78 is 0. The highest BCUT2D eigenvalue weighted by Gasteiger charge is 2.44. The van der Waals surface area contributed by atoms with Crippen molar-refractivity contribution >= 4 is 29.3 Å². The molecule has 0 aliphatic carbocycles. The van der Waals surface area contributed by atoms with E-state index in [1.807, 2.05) is 0 Å². The lowest BCUT2D eigenvalue weighted by Crippen LogP contribution is -2.33. The normalized spacial score (nSPS) is 11.6. The average Bonchev–Trinajstić information content (AvgIpc) is 3.02. The third kappa shape index (κ3) is 10.5. The summed E-state index contributed by atoms with van der Waals surface area (Å²) in [6, 6.07) is 33.4. The maximum Gasteiger partial charge on any atom is 0.112 e. The Balaban J connectivity index is 0.000000296. The molecule has 0 spiro atoms. The van der Waals surface area contributed by atoms with E-state index in [2.05, 4.69) is 126 Å². The Morgan fingerprint density at radius 1 is 0.400 bits per heavy atom. The van der Waals surface area contributed by atoms with E-state index in [0.717, 1.165) is 0 Å². The molecule has 3 rings (SSSR count). The smallest absolute Gasteiger partial charge is 0.112 e. The van der Waals surface area contributed by atoms with Gasteiger partial charge in [-0.1, -0.05) is 147 Å². The summed E-state index contributed by atoms with van der Waals surface area (Å²) >= 11 is 0. The van der Waals surface area contributed by atoms with Gasteiger partial charge in [0.2, 0.25) is 0 Å². The van der Waals surface area contributed by atoms with Crippen molar-refractivity contribution in [2.45, 2.75) is 124 Å². The van der Waals surface area contributed by atoms with Crippen LogP contribution >= 0.6 is 7.26 Å². The van der Waals surface area contributed by atoms with Crippen LogP contribution in [0.3, 0.4) is 0 Å². The summed E-state index contributed by atoms with van der Waals surface area (Å²) in [5, 5.41) is 4.47. The van der Waals surface area contributed by atoms with E-state index in [4.69, 9.17) is 0 Å². The largest absolute Gasteiger partial charge is 0.178 e. The van der Waals surface area contributed by atoms with Crippen molar-refractivity contribution in [3.05, 3.63) is 91.0 Å². The molecule has 0 amide bonds. The molecule has 0 fully saturated rings. The fourth-order valence-corrected chi connectivity index (χ4v) is 11.2. The third-order valence-corrected chi connectivity index (χ3v) is 13.6. The molecule has 0 aliphatic heterocycles. The van der Waals surface area contributed by atoms with Crippen molar-refractivity contribution in [3.8, 4) is 0 Å². The van der Waals surface area contributed by atoms with Crippen molar-refractivity contribution in [1.29, 1.82) is 0 Å². The number of hydrogen-bond donors (Lipinski definition) is 0. The summed E-state index contributed by atoms with van der Waals surface area (Å²) in [6.45, 7) is 11.7. The Kier molecular flexibility index (Phi) is 17.3. The Labute approximate surface area is 250 Å². The van der Waals surface area contributed by atoms with E-state index in [-0.39, 0.29) is 6.15 Å². The minimum atomic E-state index is -1.57. The zero-order valence-electron chi connectivity index (χ0n) is 26.8. The average molecular weight is 559 g/mol. The molecule has 0 unspecified atom stereocenters. The molecule has 3 aromatic carbocycles. The van der Waals surface area contributed by atoms with Gasteiger partial charge < -0.3 is 0 Å². The van der Waals surface area contributed by atoms with E-state index in [1.54, 1.807) is 25.3 Å². The highest BCUT2D eigenvalue weighted by atomic mass is 31.2. The number of hydrogen-bond acceptors (Lipinski definition) is 0. The number of unbranched alkanes of at least 4 members (excludes halogenated alkanes) is 5. The maximum absolute atomic E-state index is 2.35. The zero-order valence-corrected chi connectivity index (χ0v) is 27.7. The Morgan fingerprint density at radius 3 is 0.925 bits per heavy atom. The molecule has 3 aromatic rings. The van der Waals surface area contributed by atoms with E-state index in [1.165, 1.54) is 86.3 Å². The van der Waals surface area contributed by atoms with Crippen LogP contribution in [0, 0.1) is 0 Å². The van der Waals surface area contributed by atoms with Crippen molar-refractivity contribution in [3.63, 3.8) is 0 Å². The van der Waals surface area contributed by atoms with Crippen molar-refractivity contribution in [2.75, 3.05) is 6.16 Å². The second-order valence-corrected chi connectivity index (χ2v) is 15.8. The summed E-state index contributed by atoms with van der Waals surface area (Å²) in [5.41, 5.74) is 0. The van der Waals surface area contributed by atoms with E-state index in [0.29, 0.717) is 0 Å². The lowest BCUT2D eigenvalue weighted by Gasteiger charge is -2.40. The Hall–Kier alpha value is -1.85. The molecule has 0 radical (unpaired) electrons. The Bertz CT molecular complexity index is 852. The van der Waals surface area contributed by atoms with Gasteiger partial charge >= 0.3 is 0 Å². The fraction of sp³-hybridized carbons (Fsp3) is 0.526. The first-order valence-electron chi connectivity index (χ1n) is 16.9. The first-order valence-corrected chi connectivity index (χ1v) is 18.9. The molecule has 0 aliphatic rings. The number of rotatable bonds is 18. The van der Waals surface area contributed by atoms with Gasteiger partial charge in [-0.05, 0) is 42.8 Å². The molecule has 0 bridgehead atoms. The summed E-state index contributed by atoms with van der Waals surface area (Å²) in [5.74, 6) is 0. The molecule has 2 heteroatoms. The highest BCUT2D eigenvalue weighted by molar-refractivity contribution is 7.95. The van der Waals surface area contributed by atoms with Crippen LogP contribution < -0.4 is 15.9 Å². The van der Waals surface area contributed by atoms with Gasteiger partial charge in [0.15, 0.2) is 0 Å². The van der Waals surface area contributed by atoms with Gasteiger partial charge in [0, 0.05) is 6.15 Å². The second kappa shape index (κ2) is 20.1. The van der Waals surface area contributed by atoms with Gasteiger partial charge in [-0.3, -0.25) is 0 Å². The standard InChI is InChI=1S/C22H24P.C16H36B/c1-2-3-19-23(20-13-7-4-8-14-20,21-15-9-5-10-16-21)22-17-11-6-12-18-22;1-5-9-13-17(14-10-6-2,15-11-7-3)16-12-8-4/h4-18H,2-3,19H2,1H3;5-16H2,1-4H3/q+1;-1. The predicted octanol–water partition coefficient (Wildman–Crippen LogP) is 11.4. The molecule has 0 nitrogen and oxygen atoms in total. The minimum Gasteiger partial charge on any atom is -0.178 e. The molecule has 0 N–H and O–H groups in total. The van der Waals surface area contributed by atoms with E-state index < -0.39 is 7.26 Å². The fourth-order valence-electron chi connectivity index (χ4n) is 6.69. The quantitative estimate of drug-likeness (QED) is 0.108. The van der Waals surface area contributed by atoms with Crippen LogP contribution in [0.5, 0.6) is 0 Å². The molecule has 40 heavy (non-hydrogen) atoms.